The molecule has 0 atom stereocenters. The summed E-state index contributed by atoms with van der Waals surface area (Å²) in [6.45, 7) is 1.89. The number of hydrogen-bond donors (Lipinski definition) is 5. The molecule has 0 amide bonds. The van der Waals surface area contributed by atoms with E-state index in [0.29, 0.717) is 6.42 Å². The van der Waals surface area contributed by atoms with E-state index in [1.54, 1.807) is 12.1 Å². The standard InChI is InChI=1S/C19H33NO2.C7H6O3/c1-2-3-4-5-6-7-8-17-9-11-18(12-10-17)13-14-19(20,15-21)16-22;8-6-4-2-1-3-5(6)7(9)10/h9-12,21-22H,2-8,13-16,20H2,1H3;1-4,8H,(H,9,10). The maximum absolute atomic E-state index is 10.3. The Labute approximate surface area is 191 Å². The van der Waals surface area contributed by atoms with Gasteiger partial charge < -0.3 is 26.2 Å². The van der Waals surface area contributed by atoms with E-state index >= 15 is 0 Å². The van der Waals surface area contributed by atoms with Crippen LogP contribution in [-0.4, -0.2) is 45.1 Å². The Balaban J connectivity index is 0.000000425. The number of hydrogen-bond acceptors (Lipinski definition) is 5. The molecular formula is C26H39NO5. The minimum absolute atomic E-state index is 0.0671. The van der Waals surface area contributed by atoms with Crippen LogP contribution in [-0.2, 0) is 12.8 Å². The molecule has 0 saturated carbocycles. The molecule has 0 radical (unpaired) electrons. The van der Waals surface area contributed by atoms with Crippen molar-refractivity contribution in [3.8, 4) is 5.75 Å². The lowest BCUT2D eigenvalue weighted by Gasteiger charge is -2.24. The smallest absolute Gasteiger partial charge is 0.339 e. The van der Waals surface area contributed by atoms with Crippen molar-refractivity contribution in [1.82, 2.24) is 0 Å². The predicted octanol–water partition coefficient (Wildman–Crippen LogP) is 4.29. The first-order valence-electron chi connectivity index (χ1n) is 11.4. The van der Waals surface area contributed by atoms with Gasteiger partial charge in [0.05, 0.1) is 18.8 Å². The van der Waals surface area contributed by atoms with Crippen LogP contribution in [0.3, 0.4) is 0 Å². The van der Waals surface area contributed by atoms with E-state index in [9.17, 15) is 15.0 Å². The Bertz CT molecular complexity index is 772. The molecule has 0 saturated heterocycles. The molecule has 0 aromatic heterocycles. The van der Waals surface area contributed by atoms with Crippen molar-refractivity contribution >= 4 is 5.97 Å². The van der Waals surface area contributed by atoms with E-state index in [4.69, 9.17) is 15.9 Å². The van der Waals surface area contributed by atoms with Crippen LogP contribution in [0.1, 0.15) is 73.4 Å². The Morgan fingerprint density at radius 2 is 1.38 bits per heavy atom. The third-order valence-electron chi connectivity index (χ3n) is 5.52. The molecular weight excluding hydrogens is 406 g/mol. The lowest BCUT2D eigenvalue weighted by Crippen LogP contribution is -2.47. The predicted molar refractivity (Wildman–Crippen MR) is 128 cm³/mol. The van der Waals surface area contributed by atoms with Gasteiger partial charge in [0, 0.05) is 0 Å². The highest BCUT2D eigenvalue weighted by Gasteiger charge is 2.22. The molecule has 32 heavy (non-hydrogen) atoms. The number of rotatable bonds is 13. The first kappa shape index (κ1) is 27.6. The molecule has 0 aliphatic rings. The van der Waals surface area contributed by atoms with Crippen LogP contribution in [0.4, 0.5) is 0 Å². The Hall–Kier alpha value is -2.41. The zero-order valence-electron chi connectivity index (χ0n) is 19.2. The number of benzene rings is 2. The maximum Gasteiger partial charge on any atom is 0.339 e. The number of aryl methyl sites for hydroxylation is 2. The van der Waals surface area contributed by atoms with Gasteiger partial charge in [-0.05, 0) is 48.9 Å². The number of carboxylic acid groups (broad SMARTS) is 1. The Morgan fingerprint density at radius 3 is 1.88 bits per heavy atom. The number of aliphatic hydroxyl groups excluding tert-OH is 2. The highest BCUT2D eigenvalue weighted by atomic mass is 16.4. The van der Waals surface area contributed by atoms with E-state index in [1.807, 2.05) is 0 Å². The Kier molecular flexibility index (Phi) is 13.3. The number of para-hydroxylation sites is 1. The fourth-order valence-electron chi connectivity index (χ4n) is 3.24. The summed E-state index contributed by atoms with van der Waals surface area (Å²) in [6.07, 6.45) is 10.5. The van der Waals surface area contributed by atoms with Gasteiger partial charge in [-0.15, -0.1) is 0 Å². The van der Waals surface area contributed by atoms with E-state index in [2.05, 4.69) is 31.2 Å². The molecule has 0 aliphatic carbocycles. The summed E-state index contributed by atoms with van der Waals surface area (Å²) >= 11 is 0. The average Bonchev–Trinajstić information content (AvgIpc) is 2.81. The lowest BCUT2D eigenvalue weighted by molar-refractivity contribution is 0.0693. The number of carbonyl (C=O) groups is 1. The van der Waals surface area contributed by atoms with Crippen molar-refractivity contribution in [2.24, 2.45) is 5.73 Å². The summed E-state index contributed by atoms with van der Waals surface area (Å²) in [5.41, 5.74) is 7.56. The fraction of sp³-hybridized carbons (Fsp3) is 0.500. The molecule has 6 nitrogen and oxygen atoms in total. The SMILES string of the molecule is CCCCCCCCc1ccc(CCC(N)(CO)CO)cc1.O=C(O)c1ccccc1O. The summed E-state index contributed by atoms with van der Waals surface area (Å²) in [5, 5.41) is 35.7. The minimum atomic E-state index is -1.11. The first-order chi connectivity index (χ1) is 15.3. The van der Waals surface area contributed by atoms with Crippen LogP contribution in [0, 0.1) is 0 Å². The number of aromatic hydroxyl groups is 1. The largest absolute Gasteiger partial charge is 0.507 e. The molecule has 2 aromatic rings. The topological polar surface area (TPSA) is 124 Å². The first-order valence-corrected chi connectivity index (χ1v) is 11.4. The number of aliphatic hydroxyl groups is 2. The monoisotopic (exact) mass is 445 g/mol. The molecule has 0 spiro atoms. The molecule has 0 unspecified atom stereocenters. The third-order valence-corrected chi connectivity index (χ3v) is 5.52. The van der Waals surface area contributed by atoms with Crippen molar-refractivity contribution in [1.29, 1.82) is 0 Å². The van der Waals surface area contributed by atoms with Crippen LogP contribution >= 0.6 is 0 Å². The molecule has 2 rings (SSSR count). The van der Waals surface area contributed by atoms with E-state index in [1.165, 1.54) is 61.8 Å². The van der Waals surface area contributed by atoms with Gasteiger partial charge in [-0.25, -0.2) is 4.79 Å². The maximum atomic E-state index is 10.3. The van der Waals surface area contributed by atoms with Crippen molar-refractivity contribution in [2.75, 3.05) is 13.2 Å². The van der Waals surface area contributed by atoms with Gasteiger partial charge in [0.1, 0.15) is 11.3 Å². The molecule has 0 bridgehead atoms. The summed E-state index contributed by atoms with van der Waals surface area (Å²) in [6, 6.07) is 14.5. The fourth-order valence-corrected chi connectivity index (χ4v) is 3.24. The minimum Gasteiger partial charge on any atom is -0.507 e. The van der Waals surface area contributed by atoms with Crippen molar-refractivity contribution in [3.05, 3.63) is 65.2 Å². The van der Waals surface area contributed by atoms with Crippen LogP contribution in [0.25, 0.3) is 0 Å². The molecule has 6 heteroatoms. The number of nitrogens with two attached hydrogens (primary N) is 1. The van der Waals surface area contributed by atoms with Gasteiger partial charge in [-0.2, -0.15) is 0 Å². The zero-order valence-corrected chi connectivity index (χ0v) is 19.2. The molecule has 2 aromatic carbocycles. The van der Waals surface area contributed by atoms with Crippen molar-refractivity contribution in [2.45, 2.75) is 70.3 Å². The average molecular weight is 446 g/mol. The second-order valence-corrected chi connectivity index (χ2v) is 8.34. The van der Waals surface area contributed by atoms with Crippen LogP contribution < -0.4 is 5.73 Å². The summed E-state index contributed by atoms with van der Waals surface area (Å²) < 4.78 is 0. The second kappa shape index (κ2) is 15.4. The van der Waals surface area contributed by atoms with Gasteiger partial charge in [-0.1, -0.05) is 75.4 Å². The highest BCUT2D eigenvalue weighted by Crippen LogP contribution is 2.15. The second-order valence-electron chi connectivity index (χ2n) is 8.34. The molecule has 0 aliphatic heterocycles. The Morgan fingerprint density at radius 1 is 0.844 bits per heavy atom. The molecule has 0 fully saturated rings. The molecule has 6 N–H and O–H groups in total. The van der Waals surface area contributed by atoms with E-state index in [0.717, 1.165) is 12.8 Å². The highest BCUT2D eigenvalue weighted by molar-refractivity contribution is 5.90. The number of aromatic carboxylic acids is 1. The molecule has 178 valence electrons. The van der Waals surface area contributed by atoms with Gasteiger partial charge in [0.25, 0.3) is 0 Å². The van der Waals surface area contributed by atoms with Crippen LogP contribution in [0.2, 0.25) is 0 Å². The van der Waals surface area contributed by atoms with Crippen molar-refractivity contribution in [3.63, 3.8) is 0 Å². The summed E-state index contributed by atoms with van der Waals surface area (Å²) in [4.78, 5) is 10.3. The summed E-state index contributed by atoms with van der Waals surface area (Å²) in [5.74, 6) is -1.31. The van der Waals surface area contributed by atoms with Crippen LogP contribution in [0.15, 0.2) is 48.5 Å². The molecule has 0 heterocycles. The zero-order chi connectivity index (χ0) is 23.8. The number of unbranched alkanes of at least 4 members (excludes halogenated alkanes) is 5. The van der Waals surface area contributed by atoms with E-state index < -0.39 is 11.5 Å². The normalized spacial score (nSPS) is 11.0. The van der Waals surface area contributed by atoms with Gasteiger partial charge >= 0.3 is 5.97 Å². The number of carboxylic acids is 1. The van der Waals surface area contributed by atoms with Crippen LogP contribution in [0.5, 0.6) is 5.75 Å². The van der Waals surface area contributed by atoms with E-state index in [-0.39, 0.29) is 24.5 Å². The van der Waals surface area contributed by atoms with Gasteiger partial charge in [-0.3, -0.25) is 0 Å². The van der Waals surface area contributed by atoms with Gasteiger partial charge in [0.15, 0.2) is 0 Å². The quantitative estimate of drug-likeness (QED) is 0.293. The summed E-state index contributed by atoms with van der Waals surface area (Å²) in [7, 11) is 0. The lowest BCUT2D eigenvalue weighted by atomic mass is 9.93. The third kappa shape index (κ3) is 10.8. The number of phenols is 1. The van der Waals surface area contributed by atoms with Gasteiger partial charge in [0.2, 0.25) is 0 Å². The van der Waals surface area contributed by atoms with Crippen molar-refractivity contribution < 1.29 is 25.2 Å².